The first-order chi connectivity index (χ1) is 13.3. The number of alkyl halides is 3. The summed E-state index contributed by atoms with van der Waals surface area (Å²) >= 11 is 7.58. The molecule has 148 valence electrons. The largest absolute Gasteiger partial charge is 0.393 e. The summed E-state index contributed by atoms with van der Waals surface area (Å²) in [7, 11) is 0. The van der Waals surface area contributed by atoms with Crippen molar-refractivity contribution in [3.63, 3.8) is 0 Å². The summed E-state index contributed by atoms with van der Waals surface area (Å²) in [5.74, 6) is -0.946. The van der Waals surface area contributed by atoms with Crippen molar-refractivity contribution < 1.29 is 13.2 Å². The molecule has 0 bridgehead atoms. The molecule has 0 aliphatic carbocycles. The highest BCUT2D eigenvalue weighted by molar-refractivity contribution is 7.17. The van der Waals surface area contributed by atoms with Crippen LogP contribution in [0.25, 0.3) is 21.3 Å². The van der Waals surface area contributed by atoms with Gasteiger partial charge in [0, 0.05) is 28.1 Å². The molecule has 3 aromatic rings. The Labute approximate surface area is 168 Å². The van der Waals surface area contributed by atoms with Gasteiger partial charge in [-0.25, -0.2) is 4.98 Å². The average molecular weight is 428 g/mol. The molecule has 1 aliphatic heterocycles. The number of aromatic nitrogens is 2. The van der Waals surface area contributed by atoms with Gasteiger partial charge in [0.25, 0.3) is 5.56 Å². The Morgan fingerprint density at radius 3 is 2.82 bits per heavy atom. The standard InChI is InChI=1S/C19H17ClF3N3OS/c20-14-6-2-1-5-12(14)13-10-28-18-16(13)17(27)24-15(25-18)9-26-7-3-4-11(8-26)19(21,22)23/h1-2,5-6,10-11H,3-4,7-9H2,(H,24,25,27). The predicted octanol–water partition coefficient (Wildman–Crippen LogP) is 5.08. The Hall–Kier alpha value is -1.90. The smallest absolute Gasteiger partial charge is 0.309 e. The van der Waals surface area contributed by atoms with E-state index in [2.05, 4.69) is 9.97 Å². The van der Waals surface area contributed by atoms with E-state index in [0.717, 1.165) is 5.56 Å². The van der Waals surface area contributed by atoms with Crippen molar-refractivity contribution in [2.75, 3.05) is 13.1 Å². The third-order valence-electron chi connectivity index (χ3n) is 5.00. The van der Waals surface area contributed by atoms with Crippen LogP contribution in [0.4, 0.5) is 13.2 Å². The molecule has 2 aromatic heterocycles. The fourth-order valence-corrected chi connectivity index (χ4v) is 4.82. The highest BCUT2D eigenvalue weighted by Gasteiger charge is 2.41. The number of nitrogens with zero attached hydrogens (tertiary/aromatic N) is 2. The minimum atomic E-state index is -4.19. The molecule has 0 radical (unpaired) electrons. The topological polar surface area (TPSA) is 49.0 Å². The maximum Gasteiger partial charge on any atom is 0.393 e. The molecule has 4 nitrogen and oxygen atoms in total. The summed E-state index contributed by atoms with van der Waals surface area (Å²) in [6.07, 6.45) is -3.57. The number of hydrogen-bond donors (Lipinski definition) is 1. The zero-order valence-electron chi connectivity index (χ0n) is 14.7. The number of H-pyrrole nitrogens is 1. The van der Waals surface area contributed by atoms with Gasteiger partial charge in [-0.3, -0.25) is 9.69 Å². The van der Waals surface area contributed by atoms with Crippen molar-refractivity contribution >= 4 is 33.2 Å². The van der Waals surface area contributed by atoms with Crippen molar-refractivity contribution in [1.82, 2.24) is 14.9 Å². The molecule has 1 fully saturated rings. The Morgan fingerprint density at radius 2 is 2.07 bits per heavy atom. The number of benzene rings is 1. The molecule has 1 atom stereocenters. The van der Waals surface area contributed by atoms with Crippen LogP contribution in [0.15, 0.2) is 34.4 Å². The van der Waals surface area contributed by atoms with Gasteiger partial charge < -0.3 is 4.98 Å². The van der Waals surface area contributed by atoms with Crippen LogP contribution in [0.5, 0.6) is 0 Å². The molecule has 9 heteroatoms. The van der Waals surface area contributed by atoms with E-state index in [1.54, 1.807) is 11.0 Å². The maximum absolute atomic E-state index is 13.0. The number of thiophene rings is 1. The molecule has 1 aliphatic rings. The van der Waals surface area contributed by atoms with Crippen molar-refractivity contribution in [2.45, 2.75) is 25.6 Å². The number of fused-ring (bicyclic) bond motifs is 1. The predicted molar refractivity (Wildman–Crippen MR) is 105 cm³/mol. The summed E-state index contributed by atoms with van der Waals surface area (Å²) < 4.78 is 39.0. The number of halogens is 4. The number of piperidine rings is 1. The first-order valence-electron chi connectivity index (χ1n) is 8.87. The molecular formula is C19H17ClF3N3OS. The average Bonchev–Trinajstić information content (AvgIpc) is 3.06. The van der Waals surface area contributed by atoms with Crippen LogP contribution >= 0.6 is 22.9 Å². The summed E-state index contributed by atoms with van der Waals surface area (Å²) in [6.45, 7) is 0.682. The molecule has 28 heavy (non-hydrogen) atoms. The maximum atomic E-state index is 13.0. The molecule has 1 saturated heterocycles. The second-order valence-corrected chi connectivity index (χ2v) is 8.20. The lowest BCUT2D eigenvalue weighted by Crippen LogP contribution is -2.41. The highest BCUT2D eigenvalue weighted by Crippen LogP contribution is 2.35. The second kappa shape index (κ2) is 7.50. The minimum absolute atomic E-state index is 0.0689. The van der Waals surface area contributed by atoms with Crippen LogP contribution in [0.2, 0.25) is 5.02 Å². The molecule has 4 rings (SSSR count). The fourth-order valence-electron chi connectivity index (χ4n) is 3.62. The Morgan fingerprint density at radius 1 is 1.29 bits per heavy atom. The van der Waals surface area contributed by atoms with Gasteiger partial charge >= 0.3 is 6.18 Å². The molecule has 1 unspecified atom stereocenters. The third-order valence-corrected chi connectivity index (χ3v) is 6.20. The number of likely N-dealkylation sites (tertiary alicyclic amines) is 1. The molecule has 0 saturated carbocycles. The van der Waals surface area contributed by atoms with Gasteiger partial charge in [0.2, 0.25) is 0 Å². The van der Waals surface area contributed by atoms with Gasteiger partial charge in [-0.2, -0.15) is 13.2 Å². The second-order valence-electron chi connectivity index (χ2n) is 6.94. The lowest BCUT2D eigenvalue weighted by atomic mass is 9.97. The first-order valence-corrected chi connectivity index (χ1v) is 10.1. The van der Waals surface area contributed by atoms with Crippen LogP contribution in [0.1, 0.15) is 18.7 Å². The van der Waals surface area contributed by atoms with Gasteiger partial charge in [-0.15, -0.1) is 11.3 Å². The third kappa shape index (κ3) is 3.81. The molecular weight excluding hydrogens is 411 g/mol. The van der Waals surface area contributed by atoms with E-state index in [-0.39, 0.29) is 25.1 Å². The summed E-state index contributed by atoms with van der Waals surface area (Å²) in [4.78, 5) is 22.2. The number of hydrogen-bond acceptors (Lipinski definition) is 4. The van der Waals surface area contributed by atoms with Gasteiger partial charge in [0.15, 0.2) is 0 Å². The lowest BCUT2D eigenvalue weighted by molar-refractivity contribution is -0.187. The van der Waals surface area contributed by atoms with Crippen LogP contribution in [-0.4, -0.2) is 34.1 Å². The number of rotatable bonds is 3. The van der Waals surface area contributed by atoms with Gasteiger partial charge in [-0.1, -0.05) is 29.8 Å². The van der Waals surface area contributed by atoms with Gasteiger partial charge in [0.1, 0.15) is 10.7 Å². The number of nitrogens with one attached hydrogen (secondary N) is 1. The fraction of sp³-hybridized carbons (Fsp3) is 0.368. The van der Waals surface area contributed by atoms with E-state index in [9.17, 15) is 18.0 Å². The summed E-state index contributed by atoms with van der Waals surface area (Å²) in [6, 6.07) is 7.24. The van der Waals surface area contributed by atoms with Crippen LogP contribution in [-0.2, 0) is 6.54 Å². The van der Waals surface area contributed by atoms with Crippen molar-refractivity contribution in [3.8, 4) is 11.1 Å². The van der Waals surface area contributed by atoms with Gasteiger partial charge in [-0.05, 0) is 25.5 Å². The quantitative estimate of drug-likeness (QED) is 0.634. The lowest BCUT2D eigenvalue weighted by Gasteiger charge is -2.33. The SMILES string of the molecule is O=c1[nH]c(CN2CCCC(C(F)(F)F)C2)nc2scc(-c3ccccc3Cl)c12. The molecule has 3 heterocycles. The van der Waals surface area contributed by atoms with Crippen LogP contribution in [0, 0.1) is 5.92 Å². The molecule has 1 aromatic carbocycles. The normalized spacial score (nSPS) is 18.6. The van der Waals surface area contributed by atoms with E-state index in [0.29, 0.717) is 39.6 Å². The first kappa shape index (κ1) is 19.4. The van der Waals surface area contributed by atoms with E-state index >= 15 is 0 Å². The Kier molecular flexibility index (Phi) is 5.20. The molecule has 1 N–H and O–H groups in total. The zero-order valence-corrected chi connectivity index (χ0v) is 16.3. The van der Waals surface area contributed by atoms with E-state index in [1.807, 2.05) is 23.6 Å². The minimum Gasteiger partial charge on any atom is -0.309 e. The number of aromatic amines is 1. The van der Waals surface area contributed by atoms with E-state index in [1.165, 1.54) is 11.3 Å². The summed E-state index contributed by atoms with van der Waals surface area (Å²) in [5.41, 5.74) is 1.15. The van der Waals surface area contributed by atoms with E-state index in [4.69, 9.17) is 11.6 Å². The highest BCUT2D eigenvalue weighted by atomic mass is 35.5. The zero-order chi connectivity index (χ0) is 19.9. The Bertz CT molecular complexity index is 1060. The van der Waals surface area contributed by atoms with Crippen LogP contribution < -0.4 is 5.56 Å². The van der Waals surface area contributed by atoms with Crippen molar-refractivity contribution in [2.24, 2.45) is 5.92 Å². The van der Waals surface area contributed by atoms with Crippen molar-refractivity contribution in [1.29, 1.82) is 0 Å². The van der Waals surface area contributed by atoms with E-state index < -0.39 is 12.1 Å². The monoisotopic (exact) mass is 427 g/mol. The van der Waals surface area contributed by atoms with Gasteiger partial charge in [0.05, 0.1) is 17.8 Å². The van der Waals surface area contributed by atoms with Crippen molar-refractivity contribution in [3.05, 3.63) is 50.8 Å². The molecule has 0 amide bonds. The Balaban J connectivity index is 1.63. The molecule has 0 spiro atoms. The van der Waals surface area contributed by atoms with Crippen LogP contribution in [0.3, 0.4) is 0 Å². The summed E-state index contributed by atoms with van der Waals surface area (Å²) in [5, 5.41) is 2.82.